The summed E-state index contributed by atoms with van der Waals surface area (Å²) >= 11 is 0. The number of carbonyl (C=O) groups excluding carboxylic acids is 1. The molecule has 0 fully saturated rings. The highest BCUT2D eigenvalue weighted by Crippen LogP contribution is 2.41. The molecule has 1 N–H and O–H groups in total. The minimum absolute atomic E-state index is 0.00210. The standard InChI is InChI=1S/C22H30N2O3S/c1-3-5-9-17(4-2)16-23-21(25)14-8-15-24-19-12-6-10-18-11-7-13-20(22(18)19)28(24,26)27/h6-7,10-13,17H,3-5,8-9,14-16H2,1-2H3,(H,23,25)/t17-/m0/s1. The first-order valence-corrected chi connectivity index (χ1v) is 11.7. The topological polar surface area (TPSA) is 66.5 Å². The smallest absolute Gasteiger partial charge is 0.265 e. The van der Waals surface area contributed by atoms with Crippen molar-refractivity contribution in [1.82, 2.24) is 5.32 Å². The van der Waals surface area contributed by atoms with Crippen molar-refractivity contribution in [1.29, 1.82) is 0 Å². The molecule has 2 aromatic carbocycles. The van der Waals surface area contributed by atoms with Gasteiger partial charge in [-0.3, -0.25) is 9.10 Å². The van der Waals surface area contributed by atoms with E-state index in [1.165, 1.54) is 17.1 Å². The van der Waals surface area contributed by atoms with Crippen molar-refractivity contribution in [2.75, 3.05) is 17.4 Å². The molecule has 0 bridgehead atoms. The molecule has 1 atom stereocenters. The molecule has 1 aliphatic heterocycles. The Morgan fingerprint density at radius 1 is 1.11 bits per heavy atom. The Labute approximate surface area is 168 Å². The van der Waals surface area contributed by atoms with E-state index in [9.17, 15) is 13.2 Å². The number of benzene rings is 2. The fraction of sp³-hybridized carbons (Fsp3) is 0.500. The third-order valence-corrected chi connectivity index (χ3v) is 7.43. The number of nitrogens with one attached hydrogen (secondary N) is 1. The highest BCUT2D eigenvalue weighted by Gasteiger charge is 2.34. The molecule has 0 saturated heterocycles. The number of unbranched alkanes of at least 4 members (excludes halogenated alkanes) is 1. The highest BCUT2D eigenvalue weighted by molar-refractivity contribution is 7.93. The molecule has 6 heteroatoms. The minimum Gasteiger partial charge on any atom is -0.356 e. The van der Waals surface area contributed by atoms with Gasteiger partial charge >= 0.3 is 0 Å². The van der Waals surface area contributed by atoms with Crippen molar-refractivity contribution in [3.05, 3.63) is 36.4 Å². The maximum atomic E-state index is 12.9. The van der Waals surface area contributed by atoms with Crippen molar-refractivity contribution in [3.8, 4) is 0 Å². The summed E-state index contributed by atoms with van der Waals surface area (Å²) in [5, 5.41) is 4.73. The SMILES string of the molecule is CCCC[C@H](CC)CNC(=O)CCCN1c2cccc3cccc(c23)S1(=O)=O. The molecule has 0 unspecified atom stereocenters. The van der Waals surface area contributed by atoms with Gasteiger partial charge in [-0.25, -0.2) is 8.42 Å². The first kappa shape index (κ1) is 20.6. The number of anilines is 1. The zero-order valence-corrected chi connectivity index (χ0v) is 17.6. The van der Waals surface area contributed by atoms with E-state index in [1.54, 1.807) is 12.1 Å². The van der Waals surface area contributed by atoms with Crippen molar-refractivity contribution in [2.24, 2.45) is 5.92 Å². The summed E-state index contributed by atoms with van der Waals surface area (Å²) in [6.07, 6.45) is 5.40. The fourth-order valence-electron chi connectivity index (χ4n) is 3.87. The maximum absolute atomic E-state index is 12.9. The van der Waals surface area contributed by atoms with E-state index in [0.29, 0.717) is 36.7 Å². The lowest BCUT2D eigenvalue weighted by molar-refractivity contribution is -0.121. The predicted octanol–water partition coefficient (Wildman–Crippen LogP) is 4.46. The first-order chi connectivity index (χ1) is 13.5. The highest BCUT2D eigenvalue weighted by atomic mass is 32.2. The lowest BCUT2D eigenvalue weighted by Crippen LogP contribution is -2.31. The van der Waals surface area contributed by atoms with Gasteiger partial charge in [-0.2, -0.15) is 0 Å². The molecule has 152 valence electrons. The second-order valence-electron chi connectivity index (χ2n) is 7.53. The van der Waals surface area contributed by atoms with Gasteiger partial charge in [-0.15, -0.1) is 0 Å². The molecule has 0 saturated carbocycles. The predicted molar refractivity (Wildman–Crippen MR) is 114 cm³/mol. The molecule has 0 spiro atoms. The van der Waals surface area contributed by atoms with Gasteiger partial charge in [0.25, 0.3) is 10.0 Å². The molecule has 1 amide bonds. The van der Waals surface area contributed by atoms with Crippen molar-refractivity contribution >= 4 is 32.4 Å². The second kappa shape index (κ2) is 8.95. The number of rotatable bonds is 10. The second-order valence-corrected chi connectivity index (χ2v) is 9.36. The Kier molecular flexibility index (Phi) is 6.60. The van der Waals surface area contributed by atoms with Crippen molar-refractivity contribution < 1.29 is 13.2 Å². The van der Waals surface area contributed by atoms with Crippen molar-refractivity contribution in [3.63, 3.8) is 0 Å². The van der Waals surface area contributed by atoms with Crippen LogP contribution in [0.3, 0.4) is 0 Å². The molecular weight excluding hydrogens is 372 g/mol. The summed E-state index contributed by atoms with van der Waals surface area (Å²) in [5.41, 5.74) is 0.721. The molecular formula is C22H30N2O3S. The minimum atomic E-state index is -3.53. The van der Waals surface area contributed by atoms with Gasteiger partial charge in [0.15, 0.2) is 0 Å². The number of hydrogen-bond acceptors (Lipinski definition) is 3. The van der Waals surface area contributed by atoms with Gasteiger partial charge < -0.3 is 5.32 Å². The third kappa shape index (κ3) is 4.17. The quantitative estimate of drug-likeness (QED) is 0.638. The summed E-state index contributed by atoms with van der Waals surface area (Å²) in [5.74, 6) is 0.525. The van der Waals surface area contributed by atoms with E-state index in [4.69, 9.17) is 0 Å². The Balaban J connectivity index is 1.57. The lowest BCUT2D eigenvalue weighted by Gasteiger charge is -2.19. The van der Waals surface area contributed by atoms with Gasteiger partial charge in [-0.05, 0) is 36.3 Å². The first-order valence-electron chi connectivity index (χ1n) is 10.3. The van der Waals surface area contributed by atoms with Gasteiger partial charge in [0, 0.05) is 24.9 Å². The normalized spacial score (nSPS) is 15.7. The van der Waals surface area contributed by atoms with E-state index in [-0.39, 0.29) is 5.91 Å². The van der Waals surface area contributed by atoms with E-state index >= 15 is 0 Å². The van der Waals surface area contributed by atoms with Crippen LogP contribution in [0, 0.1) is 5.92 Å². The monoisotopic (exact) mass is 402 g/mol. The van der Waals surface area contributed by atoms with Crippen molar-refractivity contribution in [2.45, 2.75) is 57.3 Å². The van der Waals surface area contributed by atoms with E-state index in [0.717, 1.165) is 29.3 Å². The summed E-state index contributed by atoms with van der Waals surface area (Å²) in [7, 11) is -3.53. The summed E-state index contributed by atoms with van der Waals surface area (Å²) in [6, 6.07) is 11.0. The van der Waals surface area contributed by atoms with E-state index < -0.39 is 10.0 Å². The number of hydrogen-bond donors (Lipinski definition) is 1. The van der Waals surface area contributed by atoms with Crippen LogP contribution < -0.4 is 9.62 Å². The zero-order valence-electron chi connectivity index (χ0n) is 16.8. The van der Waals surface area contributed by atoms with Crippen LogP contribution in [-0.4, -0.2) is 27.4 Å². The number of carbonyl (C=O) groups is 1. The molecule has 28 heavy (non-hydrogen) atoms. The fourth-order valence-corrected chi connectivity index (χ4v) is 5.62. The summed E-state index contributed by atoms with van der Waals surface area (Å²) < 4.78 is 27.3. The zero-order chi connectivity index (χ0) is 20.1. The van der Waals surface area contributed by atoms with E-state index in [2.05, 4.69) is 19.2 Å². The average molecular weight is 403 g/mol. The largest absolute Gasteiger partial charge is 0.356 e. The Bertz CT molecular complexity index is 935. The summed E-state index contributed by atoms with van der Waals surface area (Å²) in [4.78, 5) is 12.6. The Morgan fingerprint density at radius 2 is 1.86 bits per heavy atom. The molecule has 3 rings (SSSR count). The number of sulfonamides is 1. The van der Waals surface area contributed by atoms with Crippen LogP contribution in [0.25, 0.3) is 10.8 Å². The van der Waals surface area contributed by atoms with Crippen LogP contribution in [0.2, 0.25) is 0 Å². The molecule has 1 heterocycles. The van der Waals surface area contributed by atoms with Crippen LogP contribution in [0.4, 0.5) is 5.69 Å². The molecule has 5 nitrogen and oxygen atoms in total. The third-order valence-electron chi connectivity index (χ3n) is 5.58. The molecule has 2 aromatic rings. The van der Waals surface area contributed by atoms with Gasteiger partial charge in [0.05, 0.1) is 10.6 Å². The van der Waals surface area contributed by atoms with Gasteiger partial charge in [0.2, 0.25) is 5.91 Å². The molecule has 0 radical (unpaired) electrons. The Hall–Kier alpha value is -2.08. The molecule has 1 aliphatic rings. The van der Waals surface area contributed by atoms with E-state index in [1.807, 2.05) is 24.3 Å². The average Bonchev–Trinajstić information content (AvgIpc) is 2.91. The van der Waals surface area contributed by atoms with Crippen LogP contribution in [0.15, 0.2) is 41.3 Å². The summed E-state index contributed by atoms with van der Waals surface area (Å²) in [6.45, 7) is 5.36. The Morgan fingerprint density at radius 3 is 2.57 bits per heavy atom. The number of nitrogens with zero attached hydrogens (tertiary/aromatic N) is 1. The van der Waals surface area contributed by atoms with Gasteiger partial charge in [-0.1, -0.05) is 57.4 Å². The van der Waals surface area contributed by atoms with Crippen LogP contribution in [-0.2, 0) is 14.8 Å². The van der Waals surface area contributed by atoms with Gasteiger partial charge in [0.1, 0.15) is 0 Å². The maximum Gasteiger partial charge on any atom is 0.265 e. The molecule has 0 aromatic heterocycles. The van der Waals surface area contributed by atoms with Crippen LogP contribution in [0.1, 0.15) is 52.4 Å². The number of amides is 1. The molecule has 0 aliphatic carbocycles. The lowest BCUT2D eigenvalue weighted by atomic mass is 9.99. The van der Waals surface area contributed by atoms with Crippen LogP contribution in [0.5, 0.6) is 0 Å². The van der Waals surface area contributed by atoms with Crippen LogP contribution >= 0.6 is 0 Å².